The van der Waals surface area contributed by atoms with Gasteiger partial charge in [0.1, 0.15) is 5.75 Å². The number of carbonyl (C=O) groups excluding carboxylic acids is 2. The molecule has 0 radical (unpaired) electrons. The number of piperidine rings is 1. The lowest BCUT2D eigenvalue weighted by Crippen LogP contribution is -2.39. The average molecular weight is 426 g/mol. The summed E-state index contributed by atoms with van der Waals surface area (Å²) in [6.45, 7) is 5.73. The topological polar surface area (TPSA) is 73.7 Å². The van der Waals surface area contributed by atoms with E-state index in [-0.39, 0.29) is 23.5 Å². The number of nitrogens with zero attached hydrogens (tertiary/aromatic N) is 3. The smallest absolute Gasteiger partial charge is 0.256 e. The van der Waals surface area contributed by atoms with Crippen molar-refractivity contribution in [1.29, 1.82) is 0 Å². The third-order valence-electron chi connectivity index (χ3n) is 6.04. The van der Waals surface area contributed by atoms with Crippen LogP contribution in [0.2, 0.25) is 0 Å². The van der Waals surface area contributed by atoms with Crippen molar-refractivity contribution in [3.8, 4) is 5.75 Å². The van der Waals surface area contributed by atoms with Gasteiger partial charge in [-0.2, -0.15) is 0 Å². The van der Waals surface area contributed by atoms with Crippen molar-refractivity contribution in [2.75, 3.05) is 31.3 Å². The fourth-order valence-electron chi connectivity index (χ4n) is 4.19. The molecule has 158 valence electrons. The molecule has 4 rings (SSSR count). The Kier molecular flexibility index (Phi) is 5.99. The van der Waals surface area contributed by atoms with Crippen molar-refractivity contribution in [3.05, 3.63) is 58.4 Å². The van der Waals surface area contributed by atoms with Gasteiger partial charge in [-0.15, -0.1) is 11.8 Å². The Morgan fingerprint density at radius 2 is 1.73 bits per heavy atom. The van der Waals surface area contributed by atoms with Crippen LogP contribution < -0.4 is 0 Å². The molecule has 2 aliphatic heterocycles. The minimum atomic E-state index is -0.0514. The van der Waals surface area contributed by atoms with Crippen LogP contribution in [0, 0.1) is 13.8 Å². The molecule has 1 aromatic carbocycles. The summed E-state index contributed by atoms with van der Waals surface area (Å²) < 4.78 is 0. The third-order valence-corrected chi connectivity index (χ3v) is 7.00. The van der Waals surface area contributed by atoms with Gasteiger partial charge in [-0.1, -0.05) is 6.07 Å². The fourth-order valence-corrected chi connectivity index (χ4v) is 5.14. The van der Waals surface area contributed by atoms with E-state index in [1.165, 1.54) is 0 Å². The minimum absolute atomic E-state index is 0.0514. The van der Waals surface area contributed by atoms with Gasteiger partial charge in [-0.25, -0.2) is 0 Å². The molecule has 0 unspecified atom stereocenters. The normalized spacial score (nSPS) is 17.4. The summed E-state index contributed by atoms with van der Waals surface area (Å²) in [7, 11) is 0. The first kappa shape index (κ1) is 20.7. The number of rotatable bonds is 3. The number of aromatic hydroxyl groups is 1. The number of hydrogen-bond donors (Lipinski definition) is 1. The summed E-state index contributed by atoms with van der Waals surface area (Å²) in [6, 6.07) is 8.88. The summed E-state index contributed by atoms with van der Waals surface area (Å²) >= 11 is 1.78. The molecule has 2 aromatic rings. The zero-order chi connectivity index (χ0) is 21.3. The average Bonchev–Trinajstić information content (AvgIpc) is 3.30. The number of phenolic OH excluding ortho intramolecular Hbond substituents is 1. The monoisotopic (exact) mass is 425 g/mol. The molecule has 1 aromatic heterocycles. The molecular formula is C23H27N3O3S. The second kappa shape index (κ2) is 8.68. The Labute approximate surface area is 181 Å². The van der Waals surface area contributed by atoms with Crippen LogP contribution in [0.25, 0.3) is 0 Å². The first-order chi connectivity index (χ1) is 14.5. The van der Waals surface area contributed by atoms with E-state index in [4.69, 9.17) is 4.98 Å². The van der Waals surface area contributed by atoms with E-state index in [0.29, 0.717) is 29.8 Å². The van der Waals surface area contributed by atoms with Crippen molar-refractivity contribution in [2.24, 2.45) is 0 Å². The Morgan fingerprint density at radius 1 is 1.00 bits per heavy atom. The summed E-state index contributed by atoms with van der Waals surface area (Å²) in [5.74, 6) is 2.04. The molecule has 2 aliphatic rings. The van der Waals surface area contributed by atoms with E-state index in [1.807, 2.05) is 28.9 Å². The summed E-state index contributed by atoms with van der Waals surface area (Å²) in [5.41, 5.74) is 3.64. The van der Waals surface area contributed by atoms with Gasteiger partial charge >= 0.3 is 0 Å². The van der Waals surface area contributed by atoms with Crippen molar-refractivity contribution in [1.82, 2.24) is 14.8 Å². The van der Waals surface area contributed by atoms with E-state index in [9.17, 15) is 14.7 Å². The third kappa shape index (κ3) is 4.03. The van der Waals surface area contributed by atoms with Gasteiger partial charge < -0.3 is 14.9 Å². The molecular weight excluding hydrogens is 398 g/mol. The highest BCUT2D eigenvalue weighted by molar-refractivity contribution is 7.99. The van der Waals surface area contributed by atoms with Crippen molar-refractivity contribution < 1.29 is 14.7 Å². The zero-order valence-corrected chi connectivity index (χ0v) is 18.2. The number of amides is 2. The van der Waals surface area contributed by atoms with Crippen LogP contribution in [0.15, 0.2) is 30.3 Å². The van der Waals surface area contributed by atoms with Crippen LogP contribution in [0.4, 0.5) is 0 Å². The Hall–Kier alpha value is -2.54. The van der Waals surface area contributed by atoms with Gasteiger partial charge in [0.25, 0.3) is 11.8 Å². The molecule has 0 bridgehead atoms. The molecule has 0 saturated carbocycles. The van der Waals surface area contributed by atoms with E-state index >= 15 is 0 Å². The summed E-state index contributed by atoms with van der Waals surface area (Å²) in [4.78, 5) is 34.5. The SMILES string of the molecule is Cc1ccc(C(=O)N2CCSC2)c(C2CCN(C(=O)c3cccc(O)c3C)CC2)n1. The molecule has 0 aliphatic carbocycles. The molecule has 0 atom stereocenters. The second-order valence-electron chi connectivity index (χ2n) is 8.01. The highest BCUT2D eigenvalue weighted by Crippen LogP contribution is 2.32. The number of aromatic nitrogens is 1. The summed E-state index contributed by atoms with van der Waals surface area (Å²) in [5, 5.41) is 9.92. The van der Waals surface area contributed by atoms with Gasteiger partial charge in [-0.3, -0.25) is 14.6 Å². The van der Waals surface area contributed by atoms with Crippen LogP contribution in [0.1, 0.15) is 56.4 Å². The number of pyridine rings is 1. The van der Waals surface area contributed by atoms with Gasteiger partial charge in [0.2, 0.25) is 0 Å². The Morgan fingerprint density at radius 3 is 2.43 bits per heavy atom. The molecule has 2 saturated heterocycles. The Balaban J connectivity index is 1.50. The van der Waals surface area contributed by atoms with E-state index < -0.39 is 0 Å². The highest BCUT2D eigenvalue weighted by atomic mass is 32.2. The second-order valence-corrected chi connectivity index (χ2v) is 9.08. The number of phenols is 1. The number of carbonyl (C=O) groups is 2. The van der Waals surface area contributed by atoms with Gasteiger partial charge in [0, 0.05) is 48.1 Å². The van der Waals surface area contributed by atoms with Crippen LogP contribution >= 0.6 is 11.8 Å². The molecule has 2 fully saturated rings. The molecule has 6 nitrogen and oxygen atoms in total. The quantitative estimate of drug-likeness (QED) is 0.814. The first-order valence-corrected chi connectivity index (χ1v) is 11.5. The van der Waals surface area contributed by atoms with Crippen molar-refractivity contribution >= 4 is 23.6 Å². The predicted octanol–water partition coefficient (Wildman–Crippen LogP) is 3.57. The maximum atomic E-state index is 13.0. The molecule has 3 heterocycles. The zero-order valence-electron chi connectivity index (χ0n) is 17.4. The predicted molar refractivity (Wildman–Crippen MR) is 118 cm³/mol. The maximum Gasteiger partial charge on any atom is 0.256 e. The highest BCUT2D eigenvalue weighted by Gasteiger charge is 2.30. The van der Waals surface area contributed by atoms with Crippen LogP contribution in [0.3, 0.4) is 0 Å². The molecule has 2 amide bonds. The van der Waals surface area contributed by atoms with E-state index in [1.54, 1.807) is 36.9 Å². The maximum absolute atomic E-state index is 13.0. The van der Waals surface area contributed by atoms with Gasteiger partial charge in [0.15, 0.2) is 0 Å². The van der Waals surface area contributed by atoms with Crippen LogP contribution in [-0.2, 0) is 0 Å². The van der Waals surface area contributed by atoms with Crippen molar-refractivity contribution in [3.63, 3.8) is 0 Å². The molecule has 30 heavy (non-hydrogen) atoms. The van der Waals surface area contributed by atoms with E-state index in [0.717, 1.165) is 42.4 Å². The number of thioether (sulfide) groups is 1. The van der Waals surface area contributed by atoms with Gasteiger partial charge in [0.05, 0.1) is 17.1 Å². The van der Waals surface area contributed by atoms with Crippen LogP contribution in [0.5, 0.6) is 5.75 Å². The lowest BCUT2D eigenvalue weighted by atomic mass is 9.89. The standard InChI is InChI=1S/C23H27N3O3S/c1-15-6-7-19(23(29)26-12-13-30-14-26)21(24-15)17-8-10-25(11-9-17)22(28)18-4-3-5-20(27)16(18)2/h3-7,17,27H,8-14H2,1-2H3. The lowest BCUT2D eigenvalue weighted by Gasteiger charge is -2.33. The van der Waals surface area contributed by atoms with Crippen LogP contribution in [-0.4, -0.2) is 63.0 Å². The van der Waals surface area contributed by atoms with Gasteiger partial charge in [-0.05, 0) is 51.0 Å². The molecule has 0 spiro atoms. The lowest BCUT2D eigenvalue weighted by molar-refractivity contribution is 0.0706. The minimum Gasteiger partial charge on any atom is -0.508 e. The number of likely N-dealkylation sites (tertiary alicyclic amines) is 1. The summed E-state index contributed by atoms with van der Waals surface area (Å²) in [6.07, 6.45) is 1.55. The fraction of sp³-hybridized carbons (Fsp3) is 0.435. The number of aryl methyl sites for hydroxylation is 1. The largest absolute Gasteiger partial charge is 0.508 e. The number of benzene rings is 1. The molecule has 1 N–H and O–H groups in total. The molecule has 7 heteroatoms. The Bertz CT molecular complexity index is 964. The number of hydrogen-bond acceptors (Lipinski definition) is 5. The van der Waals surface area contributed by atoms with Crippen molar-refractivity contribution in [2.45, 2.75) is 32.6 Å². The van der Waals surface area contributed by atoms with E-state index in [2.05, 4.69) is 0 Å². The first-order valence-electron chi connectivity index (χ1n) is 10.4.